The van der Waals surface area contributed by atoms with Crippen LogP contribution in [-0.4, -0.2) is 34.3 Å². The quantitative estimate of drug-likeness (QED) is 0.486. The van der Waals surface area contributed by atoms with Crippen molar-refractivity contribution in [1.29, 1.82) is 0 Å². The molecule has 0 bridgehead atoms. The third kappa shape index (κ3) is 2.60. The van der Waals surface area contributed by atoms with Crippen molar-refractivity contribution in [2.24, 2.45) is 0 Å². The predicted molar refractivity (Wildman–Crippen MR) is 77.7 cm³/mol. The number of nitro benzene ring substituents is 1. The first-order valence-corrected chi connectivity index (χ1v) is 6.83. The number of anilines is 1. The normalized spacial score (nSPS) is 13.6. The number of nitrogens with zero attached hydrogens (tertiary/aromatic N) is 4. The Balaban J connectivity index is 2.03. The summed E-state index contributed by atoms with van der Waals surface area (Å²) in [6, 6.07) is 3.75. The molecule has 0 radical (unpaired) electrons. The average molecular weight is 320 g/mol. The summed E-state index contributed by atoms with van der Waals surface area (Å²) in [7, 11) is 1.12. The van der Waals surface area contributed by atoms with Gasteiger partial charge in [-0.2, -0.15) is 5.10 Å². The molecule has 8 nitrogen and oxygen atoms in total. The highest BCUT2D eigenvalue weighted by Gasteiger charge is 2.27. The third-order valence-corrected chi connectivity index (χ3v) is 3.75. The summed E-state index contributed by atoms with van der Waals surface area (Å²) >= 11 is 0. The molecule has 1 aliphatic heterocycles. The fraction of sp³-hybridized carbons (Fsp3) is 0.286. The van der Waals surface area contributed by atoms with E-state index in [2.05, 4.69) is 9.84 Å². The van der Waals surface area contributed by atoms with Gasteiger partial charge in [-0.3, -0.25) is 14.8 Å². The first kappa shape index (κ1) is 14.9. The van der Waals surface area contributed by atoms with Crippen molar-refractivity contribution in [1.82, 2.24) is 9.78 Å². The molecule has 0 saturated carbocycles. The summed E-state index contributed by atoms with van der Waals surface area (Å²) in [5.41, 5.74) is 0.144. The summed E-state index contributed by atoms with van der Waals surface area (Å²) in [6.07, 6.45) is 1.66. The molecule has 0 amide bonds. The van der Waals surface area contributed by atoms with Crippen molar-refractivity contribution >= 4 is 17.3 Å². The van der Waals surface area contributed by atoms with E-state index in [1.807, 2.05) is 6.07 Å². The SMILES string of the molecule is COC(=O)c1cc(N2CCn3nccc3C2)c(F)cc1[N+](=O)[O-]. The summed E-state index contributed by atoms with van der Waals surface area (Å²) in [5.74, 6) is -1.63. The second-order valence-corrected chi connectivity index (χ2v) is 5.04. The van der Waals surface area contributed by atoms with Gasteiger partial charge in [0, 0.05) is 12.7 Å². The largest absolute Gasteiger partial charge is 0.465 e. The minimum Gasteiger partial charge on any atom is -0.465 e. The molecule has 9 heteroatoms. The number of methoxy groups -OCH3 is 1. The number of hydrogen-bond donors (Lipinski definition) is 0. The van der Waals surface area contributed by atoms with Crippen molar-refractivity contribution in [3.63, 3.8) is 0 Å². The Labute approximate surface area is 130 Å². The highest BCUT2D eigenvalue weighted by atomic mass is 19.1. The van der Waals surface area contributed by atoms with Crippen molar-refractivity contribution in [2.75, 3.05) is 18.6 Å². The van der Waals surface area contributed by atoms with E-state index in [-0.39, 0.29) is 11.3 Å². The highest BCUT2D eigenvalue weighted by molar-refractivity contribution is 5.95. The Morgan fingerprint density at radius 1 is 1.43 bits per heavy atom. The molecule has 0 fully saturated rings. The van der Waals surface area contributed by atoms with E-state index < -0.39 is 22.4 Å². The van der Waals surface area contributed by atoms with Gasteiger partial charge in [-0.1, -0.05) is 0 Å². The maximum atomic E-state index is 14.3. The number of nitro groups is 1. The molecule has 0 aliphatic carbocycles. The molecule has 2 heterocycles. The summed E-state index contributed by atoms with van der Waals surface area (Å²) in [4.78, 5) is 23.7. The highest BCUT2D eigenvalue weighted by Crippen LogP contribution is 2.31. The molecule has 0 N–H and O–H groups in total. The van der Waals surface area contributed by atoms with Gasteiger partial charge in [0.25, 0.3) is 5.69 Å². The topological polar surface area (TPSA) is 90.5 Å². The minimum atomic E-state index is -0.875. The molecule has 23 heavy (non-hydrogen) atoms. The van der Waals surface area contributed by atoms with Crippen LogP contribution in [0.4, 0.5) is 15.8 Å². The summed E-state index contributed by atoms with van der Waals surface area (Å²) in [6.45, 7) is 1.44. The minimum absolute atomic E-state index is 0.128. The number of carbonyl (C=O) groups excluding carboxylic acids is 1. The van der Waals surface area contributed by atoms with Crippen molar-refractivity contribution in [3.8, 4) is 0 Å². The fourth-order valence-electron chi connectivity index (χ4n) is 2.61. The molecular weight excluding hydrogens is 307 g/mol. The fourth-order valence-corrected chi connectivity index (χ4v) is 2.61. The Kier molecular flexibility index (Phi) is 3.68. The van der Waals surface area contributed by atoms with Crippen LogP contribution >= 0.6 is 0 Å². The smallest absolute Gasteiger partial charge is 0.344 e. The van der Waals surface area contributed by atoms with Crippen LogP contribution in [0.5, 0.6) is 0 Å². The van der Waals surface area contributed by atoms with Crippen molar-refractivity contribution < 1.29 is 18.8 Å². The van der Waals surface area contributed by atoms with Crippen molar-refractivity contribution in [3.05, 3.63) is 51.6 Å². The average Bonchev–Trinajstić information content (AvgIpc) is 3.01. The van der Waals surface area contributed by atoms with Gasteiger partial charge in [-0.25, -0.2) is 9.18 Å². The maximum Gasteiger partial charge on any atom is 0.344 e. The van der Waals surface area contributed by atoms with E-state index in [9.17, 15) is 19.3 Å². The predicted octanol–water partition coefficient (Wildman–Crippen LogP) is 1.74. The van der Waals surface area contributed by atoms with Gasteiger partial charge < -0.3 is 9.64 Å². The zero-order chi connectivity index (χ0) is 16.6. The van der Waals surface area contributed by atoms with Gasteiger partial charge >= 0.3 is 5.97 Å². The molecule has 0 spiro atoms. The van der Waals surface area contributed by atoms with Crippen LogP contribution in [0.3, 0.4) is 0 Å². The molecule has 0 unspecified atom stereocenters. The molecule has 0 saturated heterocycles. The van der Waals surface area contributed by atoms with Crippen LogP contribution in [0.15, 0.2) is 24.4 Å². The zero-order valence-corrected chi connectivity index (χ0v) is 12.2. The number of ether oxygens (including phenoxy) is 1. The second-order valence-electron chi connectivity index (χ2n) is 5.04. The Bertz CT molecular complexity index is 789. The molecular formula is C14H13FN4O4. The lowest BCUT2D eigenvalue weighted by atomic mass is 10.1. The van der Waals surface area contributed by atoms with Gasteiger partial charge in [0.1, 0.15) is 5.56 Å². The Hall–Kier alpha value is -2.97. The molecule has 1 aromatic heterocycles. The number of esters is 1. The van der Waals surface area contributed by atoms with E-state index in [0.29, 0.717) is 19.6 Å². The second kappa shape index (κ2) is 5.67. The number of rotatable bonds is 3. The van der Waals surface area contributed by atoms with Crippen molar-refractivity contribution in [2.45, 2.75) is 13.1 Å². The maximum absolute atomic E-state index is 14.3. The molecule has 120 valence electrons. The number of halogens is 1. The summed E-state index contributed by atoms with van der Waals surface area (Å²) in [5, 5.41) is 15.2. The van der Waals surface area contributed by atoms with E-state index in [0.717, 1.165) is 18.9 Å². The van der Waals surface area contributed by atoms with E-state index in [4.69, 9.17) is 0 Å². The number of aromatic nitrogens is 2. The van der Waals surface area contributed by atoms with Crippen LogP contribution < -0.4 is 4.90 Å². The van der Waals surface area contributed by atoms with Crippen LogP contribution in [0.25, 0.3) is 0 Å². The number of carbonyl (C=O) groups is 1. The molecule has 1 aromatic carbocycles. The molecule has 2 aromatic rings. The summed E-state index contributed by atoms with van der Waals surface area (Å²) < 4.78 is 20.7. The lowest BCUT2D eigenvalue weighted by Crippen LogP contribution is -2.34. The Morgan fingerprint density at radius 3 is 2.91 bits per heavy atom. The van der Waals surface area contributed by atoms with Gasteiger partial charge in [0.2, 0.25) is 0 Å². The standard InChI is InChI=1S/C14H13FN4O4/c1-23-14(20)10-6-13(11(15)7-12(10)19(21)22)17-4-5-18-9(8-17)2-3-16-18/h2-3,6-7H,4-5,8H2,1H3. The molecule has 0 atom stereocenters. The van der Waals surface area contributed by atoms with Crippen LogP contribution in [0.1, 0.15) is 16.1 Å². The number of benzene rings is 1. The third-order valence-electron chi connectivity index (χ3n) is 3.75. The first-order chi connectivity index (χ1) is 11.0. The number of fused-ring (bicyclic) bond motifs is 1. The zero-order valence-electron chi connectivity index (χ0n) is 12.2. The molecule has 1 aliphatic rings. The van der Waals surface area contributed by atoms with Crippen LogP contribution in [-0.2, 0) is 17.8 Å². The van der Waals surface area contributed by atoms with E-state index in [1.54, 1.807) is 15.8 Å². The van der Waals surface area contributed by atoms with E-state index >= 15 is 0 Å². The lowest BCUT2D eigenvalue weighted by molar-refractivity contribution is -0.385. The van der Waals surface area contributed by atoms with Gasteiger partial charge in [-0.15, -0.1) is 0 Å². The lowest BCUT2D eigenvalue weighted by Gasteiger charge is -2.30. The molecule has 3 rings (SSSR count). The number of hydrogen-bond acceptors (Lipinski definition) is 6. The Morgan fingerprint density at radius 2 is 2.22 bits per heavy atom. The van der Waals surface area contributed by atoms with Crippen LogP contribution in [0, 0.1) is 15.9 Å². The van der Waals surface area contributed by atoms with E-state index in [1.165, 1.54) is 6.07 Å². The van der Waals surface area contributed by atoms with Gasteiger partial charge in [0.15, 0.2) is 5.82 Å². The van der Waals surface area contributed by atoms with Gasteiger partial charge in [0.05, 0.1) is 42.6 Å². The first-order valence-electron chi connectivity index (χ1n) is 6.83. The monoisotopic (exact) mass is 320 g/mol. The van der Waals surface area contributed by atoms with Gasteiger partial charge in [-0.05, 0) is 12.1 Å². The van der Waals surface area contributed by atoms with Crippen LogP contribution in [0.2, 0.25) is 0 Å².